The van der Waals surface area contributed by atoms with E-state index in [9.17, 15) is 20.4 Å². The van der Waals surface area contributed by atoms with Crippen LogP contribution < -0.4 is 0 Å². The van der Waals surface area contributed by atoms with Gasteiger partial charge in [-0.1, -0.05) is 48.5 Å². The molecule has 0 bridgehead atoms. The zero-order valence-corrected chi connectivity index (χ0v) is 16.9. The lowest BCUT2D eigenvalue weighted by atomic mass is 9.78. The van der Waals surface area contributed by atoms with Crippen LogP contribution in [0, 0.1) is 0 Å². The minimum Gasteiger partial charge on any atom is -0.508 e. The van der Waals surface area contributed by atoms with Crippen LogP contribution >= 0.6 is 0 Å². The number of hydrogen-bond donors (Lipinski definition) is 4. The number of aromatic hydroxyl groups is 4. The predicted molar refractivity (Wildman–Crippen MR) is 121 cm³/mol. The first-order valence-corrected chi connectivity index (χ1v) is 10.2. The molecule has 0 atom stereocenters. The molecule has 4 aromatic rings. The monoisotopic (exact) mass is 412 g/mol. The normalized spacial score (nSPS) is 11.2. The van der Waals surface area contributed by atoms with Crippen molar-refractivity contribution in [2.24, 2.45) is 0 Å². The van der Waals surface area contributed by atoms with Crippen LogP contribution in [0.4, 0.5) is 0 Å². The predicted octanol–water partition coefficient (Wildman–Crippen LogP) is 5.86. The van der Waals surface area contributed by atoms with Crippen molar-refractivity contribution in [3.05, 3.63) is 119 Å². The Kier molecular flexibility index (Phi) is 5.80. The zero-order valence-electron chi connectivity index (χ0n) is 16.9. The van der Waals surface area contributed by atoms with Crippen LogP contribution in [0.5, 0.6) is 23.0 Å². The lowest BCUT2D eigenvalue weighted by Gasteiger charge is -2.26. The number of benzene rings is 4. The minimum absolute atomic E-state index is 0.145. The number of rotatable bonds is 6. The second-order valence-electron chi connectivity index (χ2n) is 7.72. The Bertz CT molecular complexity index is 1000. The third-order valence-electron chi connectivity index (χ3n) is 5.56. The van der Waals surface area contributed by atoms with Crippen molar-refractivity contribution in [3.63, 3.8) is 0 Å². The molecule has 4 heteroatoms. The molecule has 0 saturated carbocycles. The molecule has 0 aliphatic carbocycles. The molecule has 0 heterocycles. The molecule has 0 aliphatic rings. The average Bonchev–Trinajstić information content (AvgIpc) is 2.74. The van der Waals surface area contributed by atoms with Crippen LogP contribution in [0.2, 0.25) is 0 Å². The van der Waals surface area contributed by atoms with Crippen molar-refractivity contribution in [1.29, 1.82) is 0 Å². The molecule has 156 valence electrons. The SMILES string of the molecule is Oc1cccc(C(CC(c2cccc(O)c2)c2cccc(O)c2)c2cccc(O)c2)c1. The van der Waals surface area contributed by atoms with Crippen LogP contribution in [0.15, 0.2) is 97.1 Å². The second-order valence-corrected chi connectivity index (χ2v) is 7.72. The van der Waals surface area contributed by atoms with E-state index >= 15 is 0 Å². The molecular weight excluding hydrogens is 388 g/mol. The van der Waals surface area contributed by atoms with Crippen LogP contribution in [-0.4, -0.2) is 20.4 Å². The van der Waals surface area contributed by atoms with Crippen LogP contribution in [-0.2, 0) is 0 Å². The summed E-state index contributed by atoms with van der Waals surface area (Å²) in [4.78, 5) is 0. The van der Waals surface area contributed by atoms with Gasteiger partial charge in [0.25, 0.3) is 0 Å². The van der Waals surface area contributed by atoms with E-state index in [2.05, 4.69) is 0 Å². The topological polar surface area (TPSA) is 80.9 Å². The van der Waals surface area contributed by atoms with Gasteiger partial charge >= 0.3 is 0 Å². The summed E-state index contributed by atoms with van der Waals surface area (Å²) in [7, 11) is 0. The fraction of sp³-hybridized carbons (Fsp3) is 0.111. The minimum atomic E-state index is -0.145. The van der Waals surface area contributed by atoms with Crippen LogP contribution in [0.3, 0.4) is 0 Å². The van der Waals surface area contributed by atoms with Crippen molar-refractivity contribution in [2.45, 2.75) is 18.3 Å². The summed E-state index contributed by atoms with van der Waals surface area (Å²) in [5.41, 5.74) is 3.65. The summed E-state index contributed by atoms with van der Waals surface area (Å²) in [5.74, 6) is 0.411. The molecule has 4 N–H and O–H groups in total. The highest BCUT2D eigenvalue weighted by molar-refractivity contribution is 5.44. The van der Waals surface area contributed by atoms with Gasteiger partial charge in [-0.25, -0.2) is 0 Å². The summed E-state index contributed by atoms with van der Waals surface area (Å²) >= 11 is 0. The average molecular weight is 412 g/mol. The molecule has 0 radical (unpaired) electrons. The van der Waals surface area contributed by atoms with Gasteiger partial charge in [-0.15, -0.1) is 0 Å². The van der Waals surface area contributed by atoms with Gasteiger partial charge in [-0.05, 0) is 77.2 Å². The van der Waals surface area contributed by atoms with Crippen LogP contribution in [0.25, 0.3) is 0 Å². The second kappa shape index (κ2) is 8.84. The molecule has 31 heavy (non-hydrogen) atoms. The maximum atomic E-state index is 10.1. The van der Waals surface area contributed by atoms with Crippen molar-refractivity contribution < 1.29 is 20.4 Å². The van der Waals surface area contributed by atoms with E-state index < -0.39 is 0 Å². The highest BCUT2D eigenvalue weighted by Crippen LogP contribution is 2.41. The maximum Gasteiger partial charge on any atom is 0.115 e. The first-order valence-electron chi connectivity index (χ1n) is 10.2. The highest BCUT2D eigenvalue weighted by atomic mass is 16.3. The molecule has 0 spiro atoms. The van der Waals surface area contributed by atoms with Crippen molar-refractivity contribution in [3.8, 4) is 23.0 Å². The molecule has 0 fully saturated rings. The molecule has 0 aromatic heterocycles. The fourth-order valence-electron chi connectivity index (χ4n) is 4.13. The van der Waals surface area contributed by atoms with Gasteiger partial charge in [-0.3, -0.25) is 0 Å². The molecule has 4 nitrogen and oxygen atoms in total. The highest BCUT2D eigenvalue weighted by Gasteiger charge is 2.24. The molecular formula is C27H24O4. The first-order chi connectivity index (χ1) is 15.0. The molecule has 0 saturated heterocycles. The van der Waals surface area contributed by atoms with Crippen LogP contribution in [0.1, 0.15) is 40.5 Å². The van der Waals surface area contributed by atoms with Gasteiger partial charge in [0.1, 0.15) is 23.0 Å². The standard InChI is InChI=1S/C27H24O4/c28-22-9-1-5-18(13-22)26(19-6-2-10-23(29)14-19)17-27(20-7-3-11-24(30)15-20)21-8-4-12-25(31)16-21/h1-16,26-31H,17H2. The van der Waals surface area contributed by atoms with E-state index in [0.29, 0.717) is 6.42 Å². The van der Waals surface area contributed by atoms with E-state index in [4.69, 9.17) is 0 Å². The number of hydrogen-bond acceptors (Lipinski definition) is 4. The van der Waals surface area contributed by atoms with Gasteiger partial charge < -0.3 is 20.4 Å². The van der Waals surface area contributed by atoms with Gasteiger partial charge in [0.05, 0.1) is 0 Å². The Balaban J connectivity index is 1.84. The maximum absolute atomic E-state index is 10.1. The molecule has 4 rings (SSSR count). The lowest BCUT2D eigenvalue weighted by molar-refractivity contribution is 0.471. The third-order valence-corrected chi connectivity index (χ3v) is 5.56. The molecule has 4 aromatic carbocycles. The van der Waals surface area contributed by atoms with Gasteiger partial charge in [-0.2, -0.15) is 0 Å². The van der Waals surface area contributed by atoms with Gasteiger partial charge in [0, 0.05) is 11.8 Å². The van der Waals surface area contributed by atoms with E-state index in [0.717, 1.165) is 22.3 Å². The van der Waals surface area contributed by atoms with E-state index in [1.165, 1.54) is 0 Å². The smallest absolute Gasteiger partial charge is 0.115 e. The molecule has 0 aliphatic heterocycles. The Morgan fingerprint density at radius 3 is 0.903 bits per heavy atom. The molecule has 0 amide bonds. The third kappa shape index (κ3) is 4.81. The summed E-state index contributed by atoms with van der Waals surface area (Å²) in [6.07, 6.45) is 0.597. The van der Waals surface area contributed by atoms with E-state index in [1.807, 2.05) is 24.3 Å². The Morgan fingerprint density at radius 1 is 0.419 bits per heavy atom. The lowest BCUT2D eigenvalue weighted by Crippen LogP contribution is -2.10. The number of phenolic OH excluding ortho intramolecular Hbond substituents is 4. The van der Waals surface area contributed by atoms with E-state index in [1.54, 1.807) is 72.8 Å². The summed E-state index contributed by atoms with van der Waals surface area (Å²) in [5, 5.41) is 40.4. The zero-order chi connectivity index (χ0) is 21.8. The largest absolute Gasteiger partial charge is 0.508 e. The van der Waals surface area contributed by atoms with Gasteiger partial charge in [0.15, 0.2) is 0 Å². The summed E-state index contributed by atoms with van der Waals surface area (Å²) in [6, 6.07) is 28.5. The Morgan fingerprint density at radius 2 is 0.677 bits per heavy atom. The fourth-order valence-corrected chi connectivity index (χ4v) is 4.13. The first kappa shape index (κ1) is 20.4. The Hall–Kier alpha value is -3.92. The van der Waals surface area contributed by atoms with Gasteiger partial charge in [0.2, 0.25) is 0 Å². The summed E-state index contributed by atoms with van der Waals surface area (Å²) < 4.78 is 0. The van der Waals surface area contributed by atoms with Crippen molar-refractivity contribution in [1.82, 2.24) is 0 Å². The van der Waals surface area contributed by atoms with Crippen molar-refractivity contribution in [2.75, 3.05) is 0 Å². The Labute approximate surface area is 181 Å². The molecule has 0 unspecified atom stereocenters. The summed E-state index contributed by atoms with van der Waals surface area (Å²) in [6.45, 7) is 0. The van der Waals surface area contributed by atoms with E-state index in [-0.39, 0.29) is 34.8 Å². The quantitative estimate of drug-likeness (QED) is 0.320. The van der Waals surface area contributed by atoms with Crippen molar-refractivity contribution >= 4 is 0 Å². The number of phenols is 4.